The maximum absolute atomic E-state index is 14.4. The van der Waals surface area contributed by atoms with Crippen LogP contribution in [-0.2, 0) is 17.5 Å². The monoisotopic (exact) mass is 475 g/mol. The lowest BCUT2D eigenvalue weighted by Gasteiger charge is -2.24. The van der Waals surface area contributed by atoms with E-state index in [0.29, 0.717) is 22.8 Å². The number of benzene rings is 3. The van der Waals surface area contributed by atoms with Crippen molar-refractivity contribution in [2.24, 2.45) is 5.92 Å². The Morgan fingerprint density at radius 3 is 2.21 bits per heavy atom. The first-order chi connectivity index (χ1) is 15.6. The summed E-state index contributed by atoms with van der Waals surface area (Å²) in [5.41, 5.74) is 0.493. The molecule has 3 aromatic carbocycles. The fourth-order valence-corrected chi connectivity index (χ4v) is 3.97. The van der Waals surface area contributed by atoms with Gasteiger partial charge in [-0.15, -0.1) is 0 Å². The van der Waals surface area contributed by atoms with Crippen molar-refractivity contribution in [1.29, 1.82) is 0 Å². The Morgan fingerprint density at radius 2 is 1.67 bits per heavy atom. The van der Waals surface area contributed by atoms with Crippen molar-refractivity contribution in [3.63, 3.8) is 0 Å². The van der Waals surface area contributed by atoms with E-state index in [1.54, 1.807) is 56.3 Å². The first kappa shape index (κ1) is 24.6. The molecule has 33 heavy (non-hydrogen) atoms. The molecule has 2 N–H and O–H groups in total. The molecule has 3 rings (SSSR count). The van der Waals surface area contributed by atoms with Gasteiger partial charge in [-0.25, -0.2) is 0 Å². The van der Waals surface area contributed by atoms with Crippen LogP contribution >= 0.6 is 11.6 Å². The van der Waals surface area contributed by atoms with Crippen LogP contribution in [0.2, 0.25) is 5.02 Å². The molecule has 174 valence electrons. The summed E-state index contributed by atoms with van der Waals surface area (Å²) in [5.74, 6) is -2.66. The summed E-state index contributed by atoms with van der Waals surface area (Å²) in [4.78, 5) is 12.1. The number of hydrogen-bond acceptors (Lipinski definition) is 2. The molecule has 3 nitrogen and oxygen atoms in total. The van der Waals surface area contributed by atoms with Gasteiger partial charge in [0, 0.05) is 17.3 Å². The van der Waals surface area contributed by atoms with Gasteiger partial charge in [-0.3, -0.25) is 4.79 Å². The highest BCUT2D eigenvalue weighted by Gasteiger charge is 2.40. The minimum absolute atomic E-state index is 0.0470. The molecule has 0 saturated carbocycles. The number of carboxylic acid groups (broad SMARTS) is 1. The highest BCUT2D eigenvalue weighted by Crippen LogP contribution is 2.45. The van der Waals surface area contributed by atoms with Crippen LogP contribution in [0.5, 0.6) is 0 Å². The number of halogens is 4. The summed E-state index contributed by atoms with van der Waals surface area (Å²) >= 11 is 5.92. The maximum Gasteiger partial charge on any atom is 0.417 e. The number of anilines is 1. The molecule has 0 spiro atoms. The quantitative estimate of drug-likeness (QED) is 0.348. The number of nitrogens with one attached hydrogen (secondary N) is 1. The normalized spacial score (nSPS) is 12.6. The number of alkyl halides is 3. The van der Waals surface area contributed by atoms with Gasteiger partial charge < -0.3 is 10.4 Å². The summed E-state index contributed by atoms with van der Waals surface area (Å²) < 4.78 is 43.1. The summed E-state index contributed by atoms with van der Waals surface area (Å²) in [7, 11) is 0. The summed E-state index contributed by atoms with van der Waals surface area (Å²) in [5, 5.41) is 13.6. The molecule has 0 aliphatic rings. The predicted molar refractivity (Wildman–Crippen MR) is 125 cm³/mol. The maximum atomic E-state index is 14.4. The third kappa shape index (κ3) is 6.29. The van der Waals surface area contributed by atoms with Gasteiger partial charge in [0.15, 0.2) is 0 Å². The first-order valence-electron chi connectivity index (χ1n) is 10.6. The first-order valence-corrected chi connectivity index (χ1v) is 11.0. The van der Waals surface area contributed by atoms with E-state index in [2.05, 4.69) is 5.32 Å². The predicted octanol–water partition coefficient (Wildman–Crippen LogP) is 7.85. The smallest absolute Gasteiger partial charge is 0.417 e. The van der Waals surface area contributed by atoms with E-state index >= 15 is 0 Å². The minimum atomic E-state index is -4.72. The van der Waals surface area contributed by atoms with E-state index in [-0.39, 0.29) is 23.5 Å². The Bertz CT molecular complexity index is 1100. The van der Waals surface area contributed by atoms with E-state index in [1.807, 2.05) is 12.1 Å². The van der Waals surface area contributed by atoms with Gasteiger partial charge in [0.25, 0.3) is 0 Å². The second kappa shape index (κ2) is 10.3. The average Bonchev–Trinajstić information content (AvgIpc) is 2.76. The zero-order valence-electron chi connectivity index (χ0n) is 18.3. The van der Waals surface area contributed by atoms with E-state index in [9.17, 15) is 23.1 Å². The second-order valence-corrected chi connectivity index (χ2v) is 8.79. The van der Waals surface area contributed by atoms with Crippen LogP contribution in [-0.4, -0.2) is 11.1 Å². The van der Waals surface area contributed by atoms with E-state index < -0.39 is 23.6 Å². The molecule has 3 aromatic rings. The molecule has 0 saturated heterocycles. The lowest BCUT2D eigenvalue weighted by atomic mass is 9.83. The molecule has 0 amide bonds. The lowest BCUT2D eigenvalue weighted by Crippen LogP contribution is -2.21. The highest BCUT2D eigenvalue weighted by molar-refractivity contribution is 6.30. The van der Waals surface area contributed by atoms with Crippen LogP contribution in [0.4, 0.5) is 18.9 Å². The van der Waals surface area contributed by atoms with Crippen molar-refractivity contribution in [3.8, 4) is 11.1 Å². The topological polar surface area (TPSA) is 49.3 Å². The molecule has 0 radical (unpaired) electrons. The Balaban J connectivity index is 2.18. The molecule has 0 bridgehead atoms. The van der Waals surface area contributed by atoms with Crippen molar-refractivity contribution >= 4 is 23.3 Å². The SMILES string of the molecule is CC(C)CC(C(=O)O)c1cc(NCc2ccc(Cl)cc2)cc(-c2ccccc2)c1C(F)(F)F. The fourth-order valence-electron chi connectivity index (χ4n) is 3.84. The molecule has 0 aromatic heterocycles. The summed E-state index contributed by atoms with van der Waals surface area (Å²) in [6.45, 7) is 3.94. The van der Waals surface area contributed by atoms with Crippen LogP contribution in [0.25, 0.3) is 11.1 Å². The Morgan fingerprint density at radius 1 is 1.03 bits per heavy atom. The van der Waals surface area contributed by atoms with Gasteiger partial charge in [-0.05, 0) is 58.9 Å². The molecule has 0 fully saturated rings. The molecule has 0 aliphatic heterocycles. The number of rotatable bonds is 8. The molecular formula is C26H25ClF3NO2. The third-order valence-electron chi connectivity index (χ3n) is 5.33. The number of carboxylic acids is 1. The zero-order valence-corrected chi connectivity index (χ0v) is 19.0. The minimum Gasteiger partial charge on any atom is -0.481 e. The Kier molecular flexibility index (Phi) is 7.69. The molecule has 0 heterocycles. The van der Waals surface area contributed by atoms with Crippen molar-refractivity contribution in [2.45, 2.75) is 38.9 Å². The van der Waals surface area contributed by atoms with E-state index in [0.717, 1.165) is 5.56 Å². The van der Waals surface area contributed by atoms with Crippen molar-refractivity contribution < 1.29 is 23.1 Å². The van der Waals surface area contributed by atoms with Gasteiger partial charge in [0.05, 0.1) is 11.5 Å². The van der Waals surface area contributed by atoms with Crippen LogP contribution in [0.15, 0.2) is 66.7 Å². The number of hydrogen-bond donors (Lipinski definition) is 2. The third-order valence-corrected chi connectivity index (χ3v) is 5.58. The zero-order chi connectivity index (χ0) is 24.2. The average molecular weight is 476 g/mol. The molecular weight excluding hydrogens is 451 g/mol. The van der Waals surface area contributed by atoms with Crippen molar-refractivity contribution in [2.75, 3.05) is 5.32 Å². The highest BCUT2D eigenvalue weighted by atomic mass is 35.5. The molecule has 1 unspecified atom stereocenters. The summed E-state index contributed by atoms with van der Waals surface area (Å²) in [6.07, 6.45) is -4.63. The van der Waals surface area contributed by atoms with Gasteiger partial charge in [0.1, 0.15) is 0 Å². The van der Waals surface area contributed by atoms with Crippen LogP contribution in [0.3, 0.4) is 0 Å². The standard InChI is InChI=1S/C26H25ClF3NO2/c1-16(2)12-23(25(32)33)22-14-20(31-15-17-8-10-19(27)11-9-17)13-21(24(22)26(28,29)30)18-6-4-3-5-7-18/h3-11,13-14,16,23,31H,12,15H2,1-2H3,(H,32,33). The summed E-state index contributed by atoms with van der Waals surface area (Å²) in [6, 6.07) is 18.1. The number of aliphatic carboxylic acids is 1. The van der Waals surface area contributed by atoms with Crippen molar-refractivity contribution in [3.05, 3.63) is 88.4 Å². The van der Waals surface area contributed by atoms with Crippen LogP contribution in [0.1, 0.15) is 42.9 Å². The van der Waals surface area contributed by atoms with Gasteiger partial charge in [-0.2, -0.15) is 13.2 Å². The largest absolute Gasteiger partial charge is 0.481 e. The van der Waals surface area contributed by atoms with Crippen LogP contribution < -0.4 is 5.32 Å². The Hall–Kier alpha value is -2.99. The molecule has 7 heteroatoms. The molecule has 1 atom stereocenters. The second-order valence-electron chi connectivity index (χ2n) is 8.35. The lowest BCUT2D eigenvalue weighted by molar-refractivity contribution is -0.141. The van der Waals surface area contributed by atoms with E-state index in [4.69, 9.17) is 11.6 Å². The van der Waals surface area contributed by atoms with Gasteiger partial charge in [0.2, 0.25) is 0 Å². The van der Waals surface area contributed by atoms with Gasteiger partial charge in [-0.1, -0.05) is 67.9 Å². The Labute approximate surface area is 196 Å². The van der Waals surface area contributed by atoms with Gasteiger partial charge >= 0.3 is 12.1 Å². The fraction of sp³-hybridized carbons (Fsp3) is 0.269. The molecule has 0 aliphatic carbocycles. The van der Waals surface area contributed by atoms with Crippen LogP contribution in [0, 0.1) is 5.92 Å². The number of carbonyl (C=O) groups is 1. The van der Waals surface area contributed by atoms with E-state index in [1.165, 1.54) is 12.1 Å². The van der Waals surface area contributed by atoms with Crippen molar-refractivity contribution in [1.82, 2.24) is 0 Å².